The Balaban J connectivity index is 1.99. The van der Waals surface area contributed by atoms with E-state index >= 15 is 0 Å². The molecule has 0 aromatic heterocycles. The Hall–Kier alpha value is -3.35. The molecule has 5 N–H and O–H groups in total. The topological polar surface area (TPSA) is 122 Å². The number of rotatable bonds is 2. The molecule has 7 nitrogen and oxygen atoms in total. The van der Waals surface area contributed by atoms with Crippen molar-refractivity contribution in [1.82, 2.24) is 5.32 Å². The number of hydrogen-bond donors (Lipinski definition) is 4. The SMILES string of the molecule is Nc1ccc(C(=O)NC(=O)C(=O)Nc2ccccc2O)cc1. The van der Waals surface area contributed by atoms with Gasteiger partial charge in [-0.3, -0.25) is 19.7 Å². The third-order valence-corrected chi connectivity index (χ3v) is 2.76. The van der Waals surface area contributed by atoms with Gasteiger partial charge in [-0.2, -0.15) is 0 Å². The Morgan fingerprint density at radius 1 is 0.909 bits per heavy atom. The Bertz CT molecular complexity index is 726. The van der Waals surface area contributed by atoms with Gasteiger partial charge in [0, 0.05) is 11.3 Å². The van der Waals surface area contributed by atoms with Crippen LogP contribution in [0.25, 0.3) is 0 Å². The van der Waals surface area contributed by atoms with E-state index in [-0.39, 0.29) is 17.0 Å². The molecule has 2 rings (SSSR count). The number of nitrogen functional groups attached to an aromatic ring is 1. The quantitative estimate of drug-likeness (QED) is 0.372. The number of hydrogen-bond acceptors (Lipinski definition) is 5. The van der Waals surface area contributed by atoms with Crippen LogP contribution in [0.4, 0.5) is 11.4 Å². The van der Waals surface area contributed by atoms with Gasteiger partial charge in [0.2, 0.25) is 0 Å². The van der Waals surface area contributed by atoms with Crippen LogP contribution in [0.3, 0.4) is 0 Å². The van der Waals surface area contributed by atoms with Gasteiger partial charge in [-0.15, -0.1) is 0 Å². The molecule has 0 bridgehead atoms. The average molecular weight is 299 g/mol. The molecular weight excluding hydrogens is 286 g/mol. The molecule has 2 aromatic carbocycles. The molecule has 0 heterocycles. The second-order valence-corrected chi connectivity index (χ2v) is 4.38. The van der Waals surface area contributed by atoms with Gasteiger partial charge in [0.15, 0.2) is 0 Å². The second-order valence-electron chi connectivity index (χ2n) is 4.38. The number of nitrogens with two attached hydrogens (primary N) is 1. The fourth-order valence-corrected chi connectivity index (χ4v) is 1.62. The molecule has 0 fully saturated rings. The number of aromatic hydroxyl groups is 1. The predicted molar refractivity (Wildman–Crippen MR) is 80.1 cm³/mol. The predicted octanol–water partition coefficient (Wildman–Crippen LogP) is 0.869. The molecule has 0 aliphatic rings. The number of anilines is 2. The van der Waals surface area contributed by atoms with Crippen LogP contribution >= 0.6 is 0 Å². The molecular formula is C15H13N3O4. The largest absolute Gasteiger partial charge is 0.506 e. The number of amides is 3. The lowest BCUT2D eigenvalue weighted by atomic mass is 10.2. The van der Waals surface area contributed by atoms with Crippen molar-refractivity contribution in [2.24, 2.45) is 0 Å². The first kappa shape index (κ1) is 15.0. The van der Waals surface area contributed by atoms with E-state index in [1.807, 2.05) is 5.32 Å². The number of nitrogens with one attached hydrogen (secondary N) is 2. The molecule has 3 amide bonds. The molecule has 0 unspecified atom stereocenters. The van der Waals surface area contributed by atoms with Crippen LogP contribution in [-0.4, -0.2) is 22.8 Å². The summed E-state index contributed by atoms with van der Waals surface area (Å²) < 4.78 is 0. The highest BCUT2D eigenvalue weighted by Gasteiger charge is 2.18. The van der Waals surface area contributed by atoms with Crippen molar-refractivity contribution in [3.63, 3.8) is 0 Å². The summed E-state index contributed by atoms with van der Waals surface area (Å²) in [5.74, 6) is -3.11. The lowest BCUT2D eigenvalue weighted by molar-refractivity contribution is -0.135. The van der Waals surface area contributed by atoms with E-state index in [2.05, 4.69) is 5.32 Å². The summed E-state index contributed by atoms with van der Waals surface area (Å²) in [5.41, 5.74) is 6.23. The zero-order chi connectivity index (χ0) is 16.1. The Labute approximate surface area is 125 Å². The standard InChI is InChI=1S/C15H13N3O4/c16-10-7-5-9(6-8-10)13(20)18-15(22)14(21)17-11-3-1-2-4-12(11)19/h1-8,19H,16H2,(H,17,21)(H,18,20,22). The van der Waals surface area contributed by atoms with Gasteiger partial charge in [-0.1, -0.05) is 12.1 Å². The van der Waals surface area contributed by atoms with E-state index in [4.69, 9.17) is 5.73 Å². The molecule has 22 heavy (non-hydrogen) atoms. The monoisotopic (exact) mass is 299 g/mol. The maximum absolute atomic E-state index is 11.8. The average Bonchev–Trinajstić information content (AvgIpc) is 2.50. The van der Waals surface area contributed by atoms with Crippen molar-refractivity contribution in [3.8, 4) is 5.75 Å². The Morgan fingerprint density at radius 3 is 2.18 bits per heavy atom. The second kappa shape index (κ2) is 6.40. The van der Waals surface area contributed by atoms with Gasteiger partial charge in [0.25, 0.3) is 5.91 Å². The molecule has 0 radical (unpaired) electrons. The molecule has 112 valence electrons. The smallest absolute Gasteiger partial charge is 0.316 e. The number of para-hydroxylation sites is 2. The number of imide groups is 1. The van der Waals surface area contributed by atoms with Crippen LogP contribution in [-0.2, 0) is 9.59 Å². The van der Waals surface area contributed by atoms with Crippen LogP contribution < -0.4 is 16.4 Å². The molecule has 0 saturated heterocycles. The van der Waals surface area contributed by atoms with Gasteiger partial charge in [-0.05, 0) is 36.4 Å². The van der Waals surface area contributed by atoms with Crippen LogP contribution in [0.15, 0.2) is 48.5 Å². The zero-order valence-electron chi connectivity index (χ0n) is 11.4. The number of phenols is 1. The van der Waals surface area contributed by atoms with Crippen molar-refractivity contribution in [2.45, 2.75) is 0 Å². The number of benzene rings is 2. The minimum Gasteiger partial charge on any atom is -0.506 e. The summed E-state index contributed by atoms with van der Waals surface area (Å²) in [6.45, 7) is 0. The van der Waals surface area contributed by atoms with Gasteiger partial charge < -0.3 is 16.2 Å². The summed E-state index contributed by atoms with van der Waals surface area (Å²) in [6, 6.07) is 11.8. The summed E-state index contributed by atoms with van der Waals surface area (Å²) in [7, 11) is 0. The zero-order valence-corrected chi connectivity index (χ0v) is 11.4. The normalized spacial score (nSPS) is 9.82. The minimum absolute atomic E-state index is 0.0718. The first-order chi connectivity index (χ1) is 10.5. The molecule has 7 heteroatoms. The molecule has 0 spiro atoms. The van der Waals surface area contributed by atoms with E-state index < -0.39 is 17.7 Å². The molecule has 0 aliphatic carbocycles. The van der Waals surface area contributed by atoms with Gasteiger partial charge >= 0.3 is 11.8 Å². The first-order valence-corrected chi connectivity index (χ1v) is 6.27. The lowest BCUT2D eigenvalue weighted by Crippen LogP contribution is -2.39. The summed E-state index contributed by atoms with van der Waals surface area (Å²) in [4.78, 5) is 35.1. The van der Waals surface area contributed by atoms with Crippen molar-refractivity contribution in [1.29, 1.82) is 0 Å². The fourth-order valence-electron chi connectivity index (χ4n) is 1.62. The molecule has 2 aromatic rings. The third-order valence-electron chi connectivity index (χ3n) is 2.76. The highest BCUT2D eigenvalue weighted by molar-refractivity contribution is 6.42. The summed E-state index contributed by atoms with van der Waals surface area (Å²) in [5, 5.41) is 13.6. The van der Waals surface area contributed by atoms with Crippen LogP contribution in [0.5, 0.6) is 5.75 Å². The maximum Gasteiger partial charge on any atom is 0.316 e. The Morgan fingerprint density at radius 2 is 1.55 bits per heavy atom. The van der Waals surface area contributed by atoms with E-state index in [0.29, 0.717) is 5.69 Å². The molecule has 0 atom stereocenters. The molecule has 0 aliphatic heterocycles. The van der Waals surface area contributed by atoms with Gasteiger partial charge in [-0.25, -0.2) is 0 Å². The lowest BCUT2D eigenvalue weighted by Gasteiger charge is -2.07. The highest BCUT2D eigenvalue weighted by atomic mass is 16.3. The van der Waals surface area contributed by atoms with Crippen molar-refractivity contribution < 1.29 is 19.5 Å². The van der Waals surface area contributed by atoms with E-state index in [1.165, 1.54) is 36.4 Å². The van der Waals surface area contributed by atoms with Crippen molar-refractivity contribution in [2.75, 3.05) is 11.1 Å². The van der Waals surface area contributed by atoms with Crippen LogP contribution in [0.1, 0.15) is 10.4 Å². The van der Waals surface area contributed by atoms with E-state index in [1.54, 1.807) is 12.1 Å². The summed E-state index contributed by atoms with van der Waals surface area (Å²) >= 11 is 0. The maximum atomic E-state index is 11.8. The van der Waals surface area contributed by atoms with Crippen LogP contribution in [0.2, 0.25) is 0 Å². The van der Waals surface area contributed by atoms with Gasteiger partial charge in [0.05, 0.1) is 5.69 Å². The summed E-state index contributed by atoms with van der Waals surface area (Å²) in [6.07, 6.45) is 0. The van der Waals surface area contributed by atoms with E-state index in [9.17, 15) is 19.5 Å². The van der Waals surface area contributed by atoms with E-state index in [0.717, 1.165) is 0 Å². The van der Waals surface area contributed by atoms with Crippen molar-refractivity contribution >= 4 is 29.1 Å². The number of phenolic OH excluding ortho intramolecular Hbond substituents is 1. The fraction of sp³-hybridized carbons (Fsp3) is 0. The third kappa shape index (κ3) is 3.60. The Kier molecular flexibility index (Phi) is 4.38. The number of carbonyl (C=O) groups excluding carboxylic acids is 3. The van der Waals surface area contributed by atoms with Crippen molar-refractivity contribution in [3.05, 3.63) is 54.1 Å². The van der Waals surface area contributed by atoms with Gasteiger partial charge in [0.1, 0.15) is 5.75 Å². The highest BCUT2D eigenvalue weighted by Crippen LogP contribution is 2.21. The minimum atomic E-state index is -1.13. The number of carbonyl (C=O) groups is 3. The molecule has 0 saturated carbocycles. The van der Waals surface area contributed by atoms with Crippen LogP contribution in [0, 0.1) is 0 Å². The first-order valence-electron chi connectivity index (χ1n) is 6.27.